The summed E-state index contributed by atoms with van der Waals surface area (Å²) >= 11 is 0. The number of hydrogen-bond donors (Lipinski definition) is 2. The maximum atomic E-state index is 13.5. The molecule has 1 aromatic rings. The van der Waals surface area contributed by atoms with Crippen LogP contribution in [0, 0.1) is 28.1 Å². The van der Waals surface area contributed by atoms with Crippen molar-refractivity contribution >= 4 is 11.9 Å². The van der Waals surface area contributed by atoms with Crippen LogP contribution in [0.1, 0.15) is 79.2 Å². The minimum atomic E-state index is -1.08. The van der Waals surface area contributed by atoms with Crippen LogP contribution < -0.4 is 0 Å². The minimum absolute atomic E-state index is 0.00469. The van der Waals surface area contributed by atoms with Crippen molar-refractivity contribution in [3.63, 3.8) is 0 Å². The molecule has 1 aromatic heterocycles. The van der Waals surface area contributed by atoms with Crippen molar-refractivity contribution in [2.75, 3.05) is 6.61 Å². The fourth-order valence-electron chi connectivity index (χ4n) is 9.91. The number of allylic oxidation sites excluding steroid dienone is 2. The highest BCUT2D eigenvalue weighted by Crippen LogP contribution is 2.72. The quantitative estimate of drug-likeness (QED) is 0.300. The van der Waals surface area contributed by atoms with E-state index in [2.05, 4.69) is 27.7 Å². The molecular formula is C33H44O9. The second-order valence-electron chi connectivity index (χ2n) is 13.9. The Bertz CT molecular complexity index is 1310. The third-order valence-electron chi connectivity index (χ3n) is 11.9. The van der Waals surface area contributed by atoms with Crippen LogP contribution in [-0.4, -0.2) is 65.6 Å². The lowest BCUT2D eigenvalue weighted by atomic mass is 9.39. The Labute approximate surface area is 247 Å². The smallest absolute Gasteiger partial charge is 0.333 e. The van der Waals surface area contributed by atoms with E-state index in [1.54, 1.807) is 32.4 Å². The van der Waals surface area contributed by atoms with Gasteiger partial charge < -0.3 is 33.6 Å². The minimum Gasteiger partial charge on any atom is -0.472 e. The molecule has 3 aliphatic carbocycles. The van der Waals surface area contributed by atoms with E-state index in [0.29, 0.717) is 18.6 Å². The number of fused-ring (bicyclic) bond motifs is 4. The molecule has 0 aromatic carbocycles. The molecule has 4 fully saturated rings. The molecule has 2 saturated carbocycles. The number of esters is 2. The molecule has 6 rings (SSSR count). The Hall–Kier alpha value is -2.46. The van der Waals surface area contributed by atoms with Gasteiger partial charge in [-0.05, 0) is 50.3 Å². The fraction of sp³-hybridized carbons (Fsp3) is 0.697. The SMILES string of the molecule is CC=C(C)C(=O)OC1C2OC[C@]3(C)C(OC(C)=O)CC(O)[C@@](C)([C@H]23)[C@@H]2CC(O)O[C@H]3CC(c4ccoc4)C(C)=C3[C@]12C. The number of furan rings is 1. The van der Waals surface area contributed by atoms with Gasteiger partial charge in [0.05, 0.1) is 37.4 Å². The van der Waals surface area contributed by atoms with E-state index in [9.17, 15) is 19.8 Å². The maximum Gasteiger partial charge on any atom is 0.333 e. The Kier molecular flexibility index (Phi) is 7.08. The van der Waals surface area contributed by atoms with Crippen LogP contribution in [0.2, 0.25) is 0 Å². The number of rotatable bonds is 4. The first-order valence-corrected chi connectivity index (χ1v) is 15.2. The molecule has 0 amide bonds. The monoisotopic (exact) mass is 584 g/mol. The topological polar surface area (TPSA) is 125 Å². The molecule has 2 N–H and O–H groups in total. The van der Waals surface area contributed by atoms with E-state index >= 15 is 0 Å². The van der Waals surface area contributed by atoms with E-state index in [4.69, 9.17) is 23.4 Å². The molecule has 12 atom stereocenters. The Morgan fingerprint density at radius 3 is 2.48 bits per heavy atom. The number of carbonyl (C=O) groups excluding carboxylic acids is 2. The number of ether oxygens (including phenoxy) is 4. The van der Waals surface area contributed by atoms with Crippen LogP contribution in [0.4, 0.5) is 0 Å². The Morgan fingerprint density at radius 2 is 1.83 bits per heavy atom. The van der Waals surface area contributed by atoms with Crippen LogP contribution in [0.25, 0.3) is 0 Å². The molecule has 5 aliphatic rings. The number of aliphatic hydroxyl groups excluding tert-OH is 2. The first-order chi connectivity index (χ1) is 19.8. The van der Waals surface area contributed by atoms with Crippen molar-refractivity contribution in [3.05, 3.63) is 47.0 Å². The van der Waals surface area contributed by atoms with Gasteiger partial charge in [0, 0.05) is 53.4 Å². The van der Waals surface area contributed by atoms with Crippen molar-refractivity contribution in [2.45, 2.75) is 110 Å². The van der Waals surface area contributed by atoms with Gasteiger partial charge in [-0.25, -0.2) is 4.79 Å². The zero-order valence-corrected chi connectivity index (χ0v) is 25.6. The second-order valence-corrected chi connectivity index (χ2v) is 13.9. The van der Waals surface area contributed by atoms with E-state index in [1.807, 2.05) is 6.07 Å². The number of aliphatic hydroxyl groups is 2. The van der Waals surface area contributed by atoms with Crippen molar-refractivity contribution in [1.29, 1.82) is 0 Å². The fourth-order valence-corrected chi connectivity index (χ4v) is 9.91. The summed E-state index contributed by atoms with van der Waals surface area (Å²) in [6.45, 7) is 13.5. The number of hydrogen-bond acceptors (Lipinski definition) is 9. The summed E-state index contributed by atoms with van der Waals surface area (Å²) in [6, 6.07) is 1.95. The first kappa shape index (κ1) is 29.6. The molecule has 9 heteroatoms. The normalized spacial score (nSPS) is 46.4. The lowest BCUT2D eigenvalue weighted by Crippen LogP contribution is -2.72. The molecule has 42 heavy (non-hydrogen) atoms. The first-order valence-electron chi connectivity index (χ1n) is 15.2. The van der Waals surface area contributed by atoms with Crippen molar-refractivity contribution in [2.24, 2.45) is 28.1 Å². The molecule has 6 unspecified atom stereocenters. The highest BCUT2D eigenvalue weighted by Gasteiger charge is 2.77. The van der Waals surface area contributed by atoms with Gasteiger partial charge in [0.1, 0.15) is 12.2 Å². The largest absolute Gasteiger partial charge is 0.472 e. The second kappa shape index (κ2) is 10.0. The van der Waals surface area contributed by atoms with Crippen molar-refractivity contribution in [3.8, 4) is 0 Å². The molecule has 3 heterocycles. The molecule has 9 nitrogen and oxygen atoms in total. The van der Waals surface area contributed by atoms with Gasteiger partial charge in [-0.1, -0.05) is 32.4 Å². The summed E-state index contributed by atoms with van der Waals surface area (Å²) < 4.78 is 30.8. The summed E-state index contributed by atoms with van der Waals surface area (Å²) in [4.78, 5) is 25.7. The summed E-state index contributed by atoms with van der Waals surface area (Å²) in [5.74, 6) is -1.51. The van der Waals surface area contributed by atoms with Gasteiger partial charge in [-0.15, -0.1) is 0 Å². The summed E-state index contributed by atoms with van der Waals surface area (Å²) in [6.07, 6.45) is 2.01. The zero-order chi connectivity index (χ0) is 30.4. The van der Waals surface area contributed by atoms with E-state index in [0.717, 1.165) is 16.7 Å². The summed E-state index contributed by atoms with van der Waals surface area (Å²) in [7, 11) is 0. The molecular weight excluding hydrogens is 540 g/mol. The maximum absolute atomic E-state index is 13.5. The standard InChI is InChI=1S/C33H44O9/c1-8-16(2)30(37)42-29-27-28-31(5,15-39-27)24(40-18(4)34)13-23(35)32(28,6)22-12-25(36)41-21-11-20(19-9-10-38-14-19)17(3)26(21)33(22,29)7/h8-10,14,20-25,27-29,35-36H,11-13,15H2,1-7H3/t20?,21-,22-,23?,24?,25?,27?,28+,29?,31+,32-,33+/m0/s1. The van der Waals surface area contributed by atoms with Crippen molar-refractivity contribution in [1.82, 2.24) is 0 Å². The van der Waals surface area contributed by atoms with Crippen molar-refractivity contribution < 1.29 is 43.2 Å². The molecule has 2 aliphatic heterocycles. The van der Waals surface area contributed by atoms with Gasteiger partial charge in [0.25, 0.3) is 0 Å². The van der Waals surface area contributed by atoms with E-state index in [1.165, 1.54) is 6.92 Å². The lowest BCUT2D eigenvalue weighted by molar-refractivity contribution is -0.258. The Balaban J connectivity index is 1.58. The number of carbonyl (C=O) groups is 2. The van der Waals surface area contributed by atoms with Crippen LogP contribution in [0.3, 0.4) is 0 Å². The van der Waals surface area contributed by atoms with Gasteiger partial charge in [0.15, 0.2) is 6.29 Å². The lowest BCUT2D eigenvalue weighted by Gasteiger charge is -2.66. The average molecular weight is 585 g/mol. The molecule has 2 saturated heterocycles. The van der Waals surface area contributed by atoms with E-state index in [-0.39, 0.29) is 30.6 Å². The van der Waals surface area contributed by atoms with Crippen LogP contribution in [-0.2, 0) is 28.5 Å². The highest BCUT2D eigenvalue weighted by molar-refractivity contribution is 5.87. The molecule has 0 bridgehead atoms. The van der Waals surface area contributed by atoms with Crippen LogP contribution in [0.5, 0.6) is 0 Å². The van der Waals surface area contributed by atoms with Crippen LogP contribution >= 0.6 is 0 Å². The average Bonchev–Trinajstić information content (AvgIpc) is 3.64. The van der Waals surface area contributed by atoms with Gasteiger partial charge in [-0.3, -0.25) is 4.79 Å². The van der Waals surface area contributed by atoms with Crippen LogP contribution in [0.15, 0.2) is 45.8 Å². The predicted octanol–water partition coefficient (Wildman–Crippen LogP) is 4.43. The highest BCUT2D eigenvalue weighted by atomic mass is 16.6. The zero-order valence-electron chi connectivity index (χ0n) is 25.6. The summed E-state index contributed by atoms with van der Waals surface area (Å²) in [5, 5.41) is 23.4. The molecule has 0 spiro atoms. The van der Waals surface area contributed by atoms with Gasteiger partial charge >= 0.3 is 11.9 Å². The Morgan fingerprint density at radius 1 is 1.10 bits per heavy atom. The third-order valence-corrected chi connectivity index (χ3v) is 11.9. The molecule has 0 radical (unpaired) electrons. The molecule has 230 valence electrons. The predicted molar refractivity (Wildman–Crippen MR) is 151 cm³/mol. The van der Waals surface area contributed by atoms with E-state index < -0.39 is 65.0 Å². The van der Waals surface area contributed by atoms with Gasteiger partial charge in [-0.2, -0.15) is 0 Å². The van der Waals surface area contributed by atoms with Gasteiger partial charge in [0.2, 0.25) is 0 Å². The third kappa shape index (κ3) is 3.96. The summed E-state index contributed by atoms with van der Waals surface area (Å²) in [5.41, 5.74) is 1.35.